The fraction of sp³-hybridized carbons (Fsp3) is 0.278. The Balaban J connectivity index is 1.93. The van der Waals surface area contributed by atoms with Gasteiger partial charge in [0.15, 0.2) is 0 Å². The molecule has 1 amide bonds. The normalized spacial score (nSPS) is 11.6. The van der Waals surface area contributed by atoms with Crippen LogP contribution < -0.4 is 5.32 Å². The Bertz CT molecular complexity index is 974. The lowest BCUT2D eigenvalue weighted by Crippen LogP contribution is -2.18. The van der Waals surface area contributed by atoms with Gasteiger partial charge in [0.1, 0.15) is 0 Å². The van der Waals surface area contributed by atoms with E-state index in [2.05, 4.69) is 15.5 Å². The number of benzene rings is 1. The number of carbonyl (C=O) groups excluding carboxylic acids is 1. The number of hydrogen-bond donors (Lipinski definition) is 1. The van der Waals surface area contributed by atoms with E-state index in [-0.39, 0.29) is 12.1 Å². The number of alkyl halides is 3. The van der Waals surface area contributed by atoms with E-state index in [4.69, 9.17) is 0 Å². The zero-order valence-corrected chi connectivity index (χ0v) is 15.0. The lowest BCUT2D eigenvalue weighted by atomic mass is 10.1. The molecule has 9 heteroatoms. The van der Waals surface area contributed by atoms with Crippen LogP contribution in [0.5, 0.6) is 0 Å². The highest BCUT2D eigenvalue weighted by atomic mass is 19.4. The number of carbonyl (C=O) groups is 1. The summed E-state index contributed by atoms with van der Waals surface area (Å²) < 4.78 is 42.3. The summed E-state index contributed by atoms with van der Waals surface area (Å²) in [6, 6.07) is 4.80. The molecule has 0 fully saturated rings. The maximum Gasteiger partial charge on any atom is 0.416 e. The zero-order valence-electron chi connectivity index (χ0n) is 15.0. The van der Waals surface area contributed by atoms with Crippen LogP contribution in [0.1, 0.15) is 22.5 Å². The molecule has 2 heterocycles. The highest BCUT2D eigenvalue weighted by Crippen LogP contribution is 2.33. The van der Waals surface area contributed by atoms with Gasteiger partial charge in [-0.15, -0.1) is 0 Å². The summed E-state index contributed by atoms with van der Waals surface area (Å²) in [7, 11) is 1.77. The standard InChI is InChI=1S/C18H18F3N5O/c1-11-14(12(2)25(3)24-11)10-17(27)23-15-9-13(18(19,20)21)5-6-16(15)26-8-4-7-22-26/h4-9H,10H2,1-3H3,(H,23,27). The van der Waals surface area contributed by atoms with Crippen LogP contribution in [0.2, 0.25) is 0 Å². The quantitative estimate of drug-likeness (QED) is 0.758. The predicted molar refractivity (Wildman–Crippen MR) is 93.6 cm³/mol. The van der Waals surface area contributed by atoms with Gasteiger partial charge in [-0.2, -0.15) is 23.4 Å². The van der Waals surface area contributed by atoms with Crippen LogP contribution in [0, 0.1) is 13.8 Å². The number of anilines is 1. The summed E-state index contributed by atoms with van der Waals surface area (Å²) >= 11 is 0. The molecule has 0 spiro atoms. The molecule has 27 heavy (non-hydrogen) atoms. The number of hydrogen-bond acceptors (Lipinski definition) is 3. The fourth-order valence-corrected chi connectivity index (χ4v) is 2.85. The van der Waals surface area contributed by atoms with Gasteiger partial charge in [0, 0.05) is 30.7 Å². The van der Waals surface area contributed by atoms with Gasteiger partial charge in [-0.3, -0.25) is 9.48 Å². The van der Waals surface area contributed by atoms with Gasteiger partial charge >= 0.3 is 6.18 Å². The molecule has 0 saturated heterocycles. The molecule has 0 unspecified atom stereocenters. The van der Waals surface area contributed by atoms with Crippen LogP contribution >= 0.6 is 0 Å². The van der Waals surface area contributed by atoms with Crippen molar-refractivity contribution in [1.29, 1.82) is 0 Å². The van der Waals surface area contributed by atoms with E-state index >= 15 is 0 Å². The van der Waals surface area contributed by atoms with Crippen LogP contribution in [0.3, 0.4) is 0 Å². The van der Waals surface area contributed by atoms with E-state index in [9.17, 15) is 18.0 Å². The van der Waals surface area contributed by atoms with Crippen molar-refractivity contribution in [2.45, 2.75) is 26.4 Å². The molecule has 0 bridgehead atoms. The molecule has 3 rings (SSSR count). The van der Waals surface area contributed by atoms with Gasteiger partial charge in [0.05, 0.1) is 29.1 Å². The van der Waals surface area contributed by atoms with Gasteiger partial charge < -0.3 is 5.32 Å². The molecule has 0 aliphatic carbocycles. The number of amides is 1. The van der Waals surface area contributed by atoms with Gasteiger partial charge in [0.25, 0.3) is 0 Å². The Labute approximate surface area is 153 Å². The molecular weight excluding hydrogens is 359 g/mol. The van der Waals surface area contributed by atoms with Gasteiger partial charge in [0.2, 0.25) is 5.91 Å². The maximum atomic E-state index is 13.1. The van der Waals surface area contributed by atoms with Gasteiger partial charge in [-0.25, -0.2) is 4.68 Å². The summed E-state index contributed by atoms with van der Waals surface area (Å²) in [5, 5.41) is 10.9. The Kier molecular flexibility index (Phi) is 4.77. The summed E-state index contributed by atoms with van der Waals surface area (Å²) in [6.45, 7) is 3.62. The second-order valence-electron chi connectivity index (χ2n) is 6.18. The lowest BCUT2D eigenvalue weighted by Gasteiger charge is -2.15. The molecule has 0 radical (unpaired) electrons. The Morgan fingerprint density at radius 2 is 2.00 bits per heavy atom. The molecule has 0 atom stereocenters. The SMILES string of the molecule is Cc1nn(C)c(C)c1CC(=O)Nc1cc(C(F)(F)F)ccc1-n1cccn1. The van der Waals surface area contributed by atoms with Crippen molar-refractivity contribution in [3.63, 3.8) is 0 Å². The van der Waals surface area contributed by atoms with E-state index in [0.29, 0.717) is 11.4 Å². The van der Waals surface area contributed by atoms with Crippen LogP contribution in [-0.4, -0.2) is 25.5 Å². The van der Waals surface area contributed by atoms with Crippen molar-refractivity contribution in [2.24, 2.45) is 7.05 Å². The van der Waals surface area contributed by atoms with Gasteiger partial charge in [-0.05, 0) is 38.1 Å². The van der Waals surface area contributed by atoms with Crippen molar-refractivity contribution in [1.82, 2.24) is 19.6 Å². The first-order valence-corrected chi connectivity index (χ1v) is 8.17. The number of aryl methyl sites for hydroxylation is 2. The van der Waals surface area contributed by atoms with Crippen molar-refractivity contribution < 1.29 is 18.0 Å². The Morgan fingerprint density at radius 1 is 1.26 bits per heavy atom. The molecule has 2 aromatic heterocycles. The molecule has 0 aliphatic heterocycles. The molecule has 142 valence electrons. The van der Waals surface area contributed by atoms with Crippen LogP contribution in [0.25, 0.3) is 5.69 Å². The summed E-state index contributed by atoms with van der Waals surface area (Å²) in [4.78, 5) is 12.5. The number of rotatable bonds is 4. The second-order valence-corrected chi connectivity index (χ2v) is 6.18. The summed E-state index contributed by atoms with van der Waals surface area (Å²) in [6.07, 6.45) is -1.40. The number of aromatic nitrogens is 4. The summed E-state index contributed by atoms with van der Waals surface area (Å²) in [5.74, 6) is -0.429. The first-order chi connectivity index (χ1) is 12.7. The highest BCUT2D eigenvalue weighted by Gasteiger charge is 2.31. The molecular formula is C18H18F3N5O. The van der Waals surface area contributed by atoms with Crippen molar-refractivity contribution in [2.75, 3.05) is 5.32 Å². The molecule has 1 N–H and O–H groups in total. The monoisotopic (exact) mass is 377 g/mol. The third-order valence-electron chi connectivity index (χ3n) is 4.35. The molecule has 1 aromatic carbocycles. The first-order valence-electron chi connectivity index (χ1n) is 8.17. The largest absolute Gasteiger partial charge is 0.416 e. The number of nitrogens with zero attached hydrogens (tertiary/aromatic N) is 4. The van der Waals surface area contributed by atoms with E-state index in [0.717, 1.165) is 23.4 Å². The second kappa shape index (κ2) is 6.90. The van der Waals surface area contributed by atoms with E-state index in [1.54, 1.807) is 30.9 Å². The van der Waals surface area contributed by atoms with Crippen LogP contribution in [0.4, 0.5) is 18.9 Å². The average molecular weight is 377 g/mol. The van der Waals surface area contributed by atoms with Crippen molar-refractivity contribution >= 4 is 11.6 Å². The average Bonchev–Trinajstić information content (AvgIpc) is 3.19. The molecule has 6 nitrogen and oxygen atoms in total. The smallest absolute Gasteiger partial charge is 0.324 e. The lowest BCUT2D eigenvalue weighted by molar-refractivity contribution is -0.137. The van der Waals surface area contributed by atoms with Gasteiger partial charge in [-0.1, -0.05) is 0 Å². The highest BCUT2D eigenvalue weighted by molar-refractivity contribution is 5.94. The van der Waals surface area contributed by atoms with Crippen LogP contribution in [-0.2, 0) is 24.4 Å². The zero-order chi connectivity index (χ0) is 19.8. The minimum atomic E-state index is -4.52. The maximum absolute atomic E-state index is 13.1. The third kappa shape index (κ3) is 3.86. The fourth-order valence-electron chi connectivity index (χ4n) is 2.85. The first kappa shape index (κ1) is 18.7. The van der Waals surface area contributed by atoms with Crippen LogP contribution in [0.15, 0.2) is 36.7 Å². The molecule has 0 aliphatic rings. The predicted octanol–water partition coefficient (Wildman–Crippen LogP) is 3.42. The van der Waals surface area contributed by atoms with Crippen molar-refractivity contribution in [3.8, 4) is 5.69 Å². The molecule has 0 saturated carbocycles. The molecule has 3 aromatic rings. The van der Waals surface area contributed by atoms with E-state index in [1.807, 2.05) is 6.92 Å². The topological polar surface area (TPSA) is 64.7 Å². The summed E-state index contributed by atoms with van der Waals surface area (Å²) in [5.41, 5.74) is 1.84. The van der Waals surface area contributed by atoms with E-state index in [1.165, 1.54) is 16.9 Å². The minimum Gasteiger partial charge on any atom is -0.324 e. The number of halogens is 3. The van der Waals surface area contributed by atoms with E-state index < -0.39 is 17.6 Å². The number of nitrogens with one attached hydrogen (secondary N) is 1. The third-order valence-corrected chi connectivity index (χ3v) is 4.35. The Morgan fingerprint density at radius 3 is 2.56 bits per heavy atom. The van der Waals surface area contributed by atoms with Crippen molar-refractivity contribution in [3.05, 3.63) is 59.2 Å². The Hall–Kier alpha value is -3.10. The minimum absolute atomic E-state index is 0.0142.